The highest BCUT2D eigenvalue weighted by molar-refractivity contribution is 8.02. The maximum Gasteiger partial charge on any atom is 0.00580 e. The van der Waals surface area contributed by atoms with Crippen molar-refractivity contribution < 1.29 is 0 Å². The summed E-state index contributed by atoms with van der Waals surface area (Å²) in [5.41, 5.74) is 1.45. The first-order valence-electron chi connectivity index (χ1n) is 4.00. The smallest absolute Gasteiger partial charge is 0.00580 e. The Morgan fingerprint density at radius 1 is 1.50 bits per heavy atom. The minimum atomic E-state index is 0.742. The maximum atomic E-state index is 4.00. The lowest BCUT2D eigenvalue weighted by molar-refractivity contribution is 0.729. The summed E-state index contributed by atoms with van der Waals surface area (Å²) in [6, 6.07) is 0. The summed E-state index contributed by atoms with van der Waals surface area (Å²) in [7, 11) is 0. The van der Waals surface area contributed by atoms with E-state index in [1.54, 1.807) is 0 Å². The van der Waals surface area contributed by atoms with Gasteiger partial charge < -0.3 is 0 Å². The average molecular weight is 180 g/mol. The second-order valence-corrected chi connectivity index (χ2v) is 3.68. The van der Waals surface area contributed by atoms with Crippen molar-refractivity contribution in [2.45, 2.75) is 20.3 Å². The number of thioether (sulfide) groups is 1. The summed E-state index contributed by atoms with van der Waals surface area (Å²) in [5.74, 6) is 0.742. The fraction of sp³-hybridized carbons (Fsp3) is 0.455. The van der Waals surface area contributed by atoms with Gasteiger partial charge in [0, 0.05) is 4.91 Å². The Bertz CT molecular complexity index is 208. The fourth-order valence-electron chi connectivity index (χ4n) is 1.15. The molecule has 0 saturated heterocycles. The van der Waals surface area contributed by atoms with E-state index in [9.17, 15) is 0 Å². The average Bonchev–Trinajstić information content (AvgIpc) is 2.13. The molecule has 0 aromatic carbocycles. The maximum absolute atomic E-state index is 4.00. The first kappa shape index (κ1) is 11.4. The standard InChI is InChI=1S/C9H14S.C2H2/c1-7-4-5-8(2)9(6-7)10-3;1-2/h5-7H,4H2,1-3H3;1-2H. The second-order valence-electron chi connectivity index (χ2n) is 2.84. The molecule has 0 N–H and O–H groups in total. The van der Waals surface area contributed by atoms with Crippen molar-refractivity contribution in [3.63, 3.8) is 0 Å². The molecule has 0 nitrogen and oxygen atoms in total. The van der Waals surface area contributed by atoms with Gasteiger partial charge in [-0.1, -0.05) is 19.1 Å². The van der Waals surface area contributed by atoms with Crippen molar-refractivity contribution in [2.24, 2.45) is 5.92 Å². The SMILES string of the molecule is C#C.CSC1=CC(C)CC=C1C. The van der Waals surface area contributed by atoms with Crippen molar-refractivity contribution >= 4 is 11.8 Å². The predicted molar refractivity (Wildman–Crippen MR) is 59.0 cm³/mol. The summed E-state index contributed by atoms with van der Waals surface area (Å²) in [6.45, 7) is 4.45. The van der Waals surface area contributed by atoms with Crippen LogP contribution in [-0.2, 0) is 0 Å². The third kappa shape index (κ3) is 3.19. The van der Waals surface area contributed by atoms with Crippen LogP contribution in [0.4, 0.5) is 0 Å². The third-order valence-electron chi connectivity index (χ3n) is 1.84. The Kier molecular flexibility index (Phi) is 5.66. The van der Waals surface area contributed by atoms with Gasteiger partial charge in [-0.15, -0.1) is 24.6 Å². The molecule has 12 heavy (non-hydrogen) atoms. The van der Waals surface area contributed by atoms with Gasteiger partial charge in [-0.3, -0.25) is 0 Å². The number of rotatable bonds is 1. The van der Waals surface area contributed by atoms with Crippen LogP contribution in [0.2, 0.25) is 0 Å². The summed E-state index contributed by atoms with van der Waals surface area (Å²) < 4.78 is 0. The molecule has 1 rings (SSSR count). The van der Waals surface area contributed by atoms with Gasteiger partial charge in [-0.2, -0.15) is 0 Å². The van der Waals surface area contributed by atoms with Crippen molar-refractivity contribution in [3.8, 4) is 12.8 Å². The van der Waals surface area contributed by atoms with Crippen molar-refractivity contribution in [1.29, 1.82) is 0 Å². The van der Waals surface area contributed by atoms with Gasteiger partial charge in [-0.05, 0) is 31.1 Å². The minimum absolute atomic E-state index is 0.742. The number of hydrogen-bond donors (Lipinski definition) is 0. The molecule has 0 radical (unpaired) electrons. The summed E-state index contributed by atoms with van der Waals surface area (Å²) in [6.07, 6.45) is 16.0. The summed E-state index contributed by atoms with van der Waals surface area (Å²) in [4.78, 5) is 1.46. The van der Waals surface area contributed by atoms with Crippen LogP contribution in [0.25, 0.3) is 0 Å². The molecule has 0 aromatic rings. The van der Waals surface area contributed by atoms with E-state index in [4.69, 9.17) is 0 Å². The quantitative estimate of drug-likeness (QED) is 0.557. The molecule has 0 amide bonds. The molecule has 0 heterocycles. The summed E-state index contributed by atoms with van der Waals surface area (Å²) >= 11 is 1.85. The van der Waals surface area contributed by atoms with E-state index in [1.165, 1.54) is 16.9 Å². The van der Waals surface area contributed by atoms with Crippen LogP contribution in [0.5, 0.6) is 0 Å². The zero-order valence-corrected chi connectivity index (χ0v) is 8.82. The van der Waals surface area contributed by atoms with Crippen LogP contribution in [0.1, 0.15) is 20.3 Å². The number of hydrogen-bond acceptors (Lipinski definition) is 1. The zero-order valence-electron chi connectivity index (χ0n) is 8.00. The van der Waals surface area contributed by atoms with Crippen molar-refractivity contribution in [2.75, 3.05) is 6.26 Å². The van der Waals surface area contributed by atoms with Crippen LogP contribution in [0.15, 0.2) is 22.6 Å². The highest BCUT2D eigenvalue weighted by Crippen LogP contribution is 2.28. The highest BCUT2D eigenvalue weighted by atomic mass is 32.2. The van der Waals surface area contributed by atoms with Gasteiger partial charge in [-0.25, -0.2) is 0 Å². The molecule has 0 fully saturated rings. The molecule has 1 heteroatoms. The molecule has 0 aromatic heterocycles. The lowest BCUT2D eigenvalue weighted by atomic mass is 9.99. The van der Waals surface area contributed by atoms with Crippen molar-refractivity contribution in [1.82, 2.24) is 0 Å². The molecule has 66 valence electrons. The van der Waals surface area contributed by atoms with Gasteiger partial charge in [0.1, 0.15) is 0 Å². The number of allylic oxidation sites excluding steroid dienone is 3. The lowest BCUT2D eigenvalue weighted by Crippen LogP contribution is -1.96. The molecule has 1 atom stereocenters. The Hall–Kier alpha value is -0.610. The van der Waals surface area contributed by atoms with Crippen LogP contribution < -0.4 is 0 Å². The first-order chi connectivity index (χ1) is 5.74. The predicted octanol–water partition coefficient (Wildman–Crippen LogP) is 3.47. The van der Waals surface area contributed by atoms with E-state index in [-0.39, 0.29) is 0 Å². The van der Waals surface area contributed by atoms with Gasteiger partial charge in [0.25, 0.3) is 0 Å². The van der Waals surface area contributed by atoms with E-state index >= 15 is 0 Å². The van der Waals surface area contributed by atoms with E-state index < -0.39 is 0 Å². The Balaban J connectivity index is 0.000000561. The van der Waals surface area contributed by atoms with E-state index in [1.807, 2.05) is 11.8 Å². The second kappa shape index (κ2) is 5.97. The van der Waals surface area contributed by atoms with Gasteiger partial charge >= 0.3 is 0 Å². The van der Waals surface area contributed by atoms with Gasteiger partial charge in [0.15, 0.2) is 0 Å². The monoisotopic (exact) mass is 180 g/mol. The zero-order chi connectivity index (χ0) is 9.56. The van der Waals surface area contributed by atoms with Crippen LogP contribution in [-0.4, -0.2) is 6.26 Å². The number of terminal acetylenes is 1. The molecular weight excluding hydrogens is 164 g/mol. The highest BCUT2D eigenvalue weighted by Gasteiger charge is 2.07. The molecule has 0 spiro atoms. The largest absolute Gasteiger partial charge is 0.130 e. The lowest BCUT2D eigenvalue weighted by Gasteiger charge is -2.14. The van der Waals surface area contributed by atoms with E-state index in [0.29, 0.717) is 0 Å². The van der Waals surface area contributed by atoms with Gasteiger partial charge in [0.2, 0.25) is 0 Å². The molecule has 0 bridgehead atoms. The third-order valence-corrected chi connectivity index (χ3v) is 2.74. The molecule has 1 aliphatic rings. The van der Waals surface area contributed by atoms with E-state index in [0.717, 1.165) is 5.92 Å². The Morgan fingerprint density at radius 2 is 2.08 bits per heavy atom. The minimum Gasteiger partial charge on any atom is -0.130 e. The molecular formula is C11H16S. The van der Waals surface area contributed by atoms with Crippen LogP contribution >= 0.6 is 11.8 Å². The van der Waals surface area contributed by atoms with Crippen LogP contribution in [0.3, 0.4) is 0 Å². The Morgan fingerprint density at radius 3 is 2.50 bits per heavy atom. The van der Waals surface area contributed by atoms with Crippen LogP contribution in [0, 0.1) is 18.8 Å². The molecule has 0 aliphatic heterocycles. The van der Waals surface area contributed by atoms with Crippen molar-refractivity contribution in [3.05, 3.63) is 22.6 Å². The summed E-state index contributed by atoms with van der Waals surface area (Å²) in [5, 5.41) is 0. The first-order valence-corrected chi connectivity index (χ1v) is 5.22. The normalized spacial score (nSPS) is 21.6. The van der Waals surface area contributed by atoms with Gasteiger partial charge in [0.05, 0.1) is 0 Å². The molecule has 1 unspecified atom stereocenters. The van der Waals surface area contributed by atoms with E-state index in [2.05, 4.69) is 45.1 Å². The molecule has 1 aliphatic carbocycles. The fourth-order valence-corrected chi connectivity index (χ4v) is 1.92. The topological polar surface area (TPSA) is 0 Å². The molecule has 0 saturated carbocycles. The Labute approximate surface area is 80.1 Å².